The SMILES string of the molecule is Fc1cc(-c2nn[nH]n2)ccc1N1[C@@H]2CC[C@H]1CC(OCc1c(-c3ccccc3OC(F)F)noc1C1CC1)C2. The van der Waals surface area contributed by atoms with Crippen molar-refractivity contribution in [2.75, 3.05) is 4.90 Å². The monoisotopic (exact) mass is 552 g/mol. The van der Waals surface area contributed by atoms with E-state index in [1.807, 2.05) is 6.07 Å². The Morgan fingerprint density at radius 2 is 1.85 bits per heavy atom. The molecule has 208 valence electrons. The molecule has 0 radical (unpaired) electrons. The number of piperidine rings is 1. The Balaban J connectivity index is 1.08. The average molecular weight is 553 g/mol. The van der Waals surface area contributed by atoms with Gasteiger partial charge in [-0.3, -0.25) is 0 Å². The summed E-state index contributed by atoms with van der Waals surface area (Å²) in [6.07, 6.45) is 5.40. The van der Waals surface area contributed by atoms with Gasteiger partial charge in [-0.1, -0.05) is 17.3 Å². The first-order valence-corrected chi connectivity index (χ1v) is 13.5. The van der Waals surface area contributed by atoms with Crippen LogP contribution in [0.5, 0.6) is 5.75 Å². The molecular formula is C28H27F3N6O3. The highest BCUT2D eigenvalue weighted by atomic mass is 19.3. The molecule has 4 heterocycles. The van der Waals surface area contributed by atoms with Gasteiger partial charge in [-0.15, -0.1) is 10.2 Å². The van der Waals surface area contributed by atoms with Gasteiger partial charge in [0.15, 0.2) is 0 Å². The summed E-state index contributed by atoms with van der Waals surface area (Å²) < 4.78 is 58.3. The van der Waals surface area contributed by atoms with Crippen molar-refractivity contribution in [3.63, 3.8) is 0 Å². The highest BCUT2D eigenvalue weighted by molar-refractivity contribution is 5.70. The lowest BCUT2D eigenvalue weighted by Crippen LogP contribution is -2.46. The minimum Gasteiger partial charge on any atom is -0.434 e. The number of halogens is 3. The number of hydrogen-bond acceptors (Lipinski definition) is 8. The first kappa shape index (κ1) is 25.1. The summed E-state index contributed by atoms with van der Waals surface area (Å²) in [5.41, 5.74) is 2.85. The number of ether oxygens (including phenoxy) is 2. The van der Waals surface area contributed by atoms with Gasteiger partial charge >= 0.3 is 6.61 Å². The molecular weight excluding hydrogens is 525 g/mol. The molecule has 2 aromatic heterocycles. The van der Waals surface area contributed by atoms with E-state index in [0.717, 1.165) is 49.8 Å². The molecule has 3 atom stereocenters. The zero-order chi connectivity index (χ0) is 27.2. The van der Waals surface area contributed by atoms with Crippen LogP contribution >= 0.6 is 0 Å². The second-order valence-electron chi connectivity index (χ2n) is 10.6. The molecule has 4 aromatic rings. The maximum Gasteiger partial charge on any atom is 0.387 e. The normalized spacial score (nSPS) is 22.3. The fraction of sp³-hybridized carbons (Fsp3) is 0.429. The Labute approximate surface area is 227 Å². The van der Waals surface area contributed by atoms with Crippen molar-refractivity contribution in [1.29, 1.82) is 0 Å². The number of alkyl halides is 2. The topological polar surface area (TPSA) is 102 Å². The third-order valence-electron chi connectivity index (χ3n) is 8.11. The van der Waals surface area contributed by atoms with Crippen molar-refractivity contribution in [1.82, 2.24) is 25.8 Å². The van der Waals surface area contributed by atoms with E-state index < -0.39 is 6.61 Å². The van der Waals surface area contributed by atoms with Crippen LogP contribution in [-0.4, -0.2) is 50.6 Å². The Kier molecular flexibility index (Phi) is 6.41. The van der Waals surface area contributed by atoms with E-state index in [0.29, 0.717) is 28.3 Å². The van der Waals surface area contributed by atoms with Gasteiger partial charge in [-0.25, -0.2) is 4.39 Å². The summed E-state index contributed by atoms with van der Waals surface area (Å²) in [6, 6.07) is 12.0. The quantitative estimate of drug-likeness (QED) is 0.276. The van der Waals surface area contributed by atoms with Crippen molar-refractivity contribution in [2.45, 2.75) is 75.8 Å². The molecule has 1 saturated carbocycles. The van der Waals surface area contributed by atoms with Gasteiger partial charge in [-0.2, -0.15) is 14.0 Å². The molecule has 3 fully saturated rings. The number of tetrazole rings is 1. The number of rotatable bonds is 9. The van der Waals surface area contributed by atoms with Crippen LogP contribution in [0.4, 0.5) is 18.9 Å². The van der Waals surface area contributed by atoms with Crippen LogP contribution in [0, 0.1) is 5.82 Å². The fourth-order valence-electron chi connectivity index (χ4n) is 6.20. The second-order valence-corrected chi connectivity index (χ2v) is 10.6. The van der Waals surface area contributed by atoms with E-state index in [9.17, 15) is 8.78 Å². The average Bonchev–Trinajstić information content (AvgIpc) is 3.35. The number of hydrogen-bond donors (Lipinski definition) is 1. The van der Waals surface area contributed by atoms with Crippen molar-refractivity contribution in [3.05, 3.63) is 59.6 Å². The number of fused-ring (bicyclic) bond motifs is 2. The van der Waals surface area contributed by atoms with Gasteiger partial charge in [0.1, 0.15) is 23.0 Å². The number of aromatic amines is 1. The van der Waals surface area contributed by atoms with Gasteiger partial charge in [0, 0.05) is 34.7 Å². The smallest absolute Gasteiger partial charge is 0.387 e. The van der Waals surface area contributed by atoms with E-state index in [2.05, 4.69) is 30.7 Å². The third kappa shape index (κ3) is 4.70. The molecule has 3 aliphatic rings. The lowest BCUT2D eigenvalue weighted by molar-refractivity contribution is -0.0494. The zero-order valence-electron chi connectivity index (χ0n) is 21.5. The highest BCUT2D eigenvalue weighted by Crippen LogP contribution is 2.46. The van der Waals surface area contributed by atoms with Crippen LogP contribution in [0.2, 0.25) is 0 Å². The summed E-state index contributed by atoms with van der Waals surface area (Å²) in [5.74, 6) is 1.10. The molecule has 40 heavy (non-hydrogen) atoms. The van der Waals surface area contributed by atoms with E-state index in [1.54, 1.807) is 24.3 Å². The predicted molar refractivity (Wildman–Crippen MR) is 137 cm³/mol. The molecule has 2 aliphatic heterocycles. The number of nitrogens with one attached hydrogen (secondary N) is 1. The summed E-state index contributed by atoms with van der Waals surface area (Å²) in [7, 11) is 0. The van der Waals surface area contributed by atoms with Gasteiger partial charge in [0.2, 0.25) is 5.82 Å². The summed E-state index contributed by atoms with van der Waals surface area (Å²) in [4.78, 5) is 2.19. The highest BCUT2D eigenvalue weighted by Gasteiger charge is 2.42. The summed E-state index contributed by atoms with van der Waals surface area (Å²) in [6.45, 7) is -2.69. The van der Waals surface area contributed by atoms with Crippen molar-refractivity contribution in [2.24, 2.45) is 0 Å². The molecule has 1 unspecified atom stereocenters. The van der Waals surface area contributed by atoms with E-state index >= 15 is 4.39 Å². The third-order valence-corrected chi connectivity index (χ3v) is 8.11. The molecule has 0 amide bonds. The lowest BCUT2D eigenvalue weighted by Gasteiger charge is -2.40. The van der Waals surface area contributed by atoms with E-state index in [-0.39, 0.29) is 42.3 Å². The van der Waals surface area contributed by atoms with Gasteiger partial charge in [-0.05, 0) is 74.1 Å². The van der Waals surface area contributed by atoms with Crippen molar-refractivity contribution < 1.29 is 27.2 Å². The second kappa shape index (κ2) is 10.2. The fourth-order valence-corrected chi connectivity index (χ4v) is 6.20. The number of nitrogens with zero attached hydrogens (tertiary/aromatic N) is 5. The molecule has 2 aromatic carbocycles. The Bertz CT molecular complexity index is 1480. The first-order valence-electron chi connectivity index (χ1n) is 13.5. The summed E-state index contributed by atoms with van der Waals surface area (Å²) in [5, 5.41) is 18.1. The summed E-state index contributed by atoms with van der Waals surface area (Å²) >= 11 is 0. The van der Waals surface area contributed by atoms with Crippen LogP contribution in [-0.2, 0) is 11.3 Å². The first-order chi connectivity index (χ1) is 19.5. The molecule has 2 bridgehead atoms. The standard InChI is InChI=1S/C28H27F3N6O3/c29-22-11-16(27-32-35-36-33-27)7-10-23(22)37-17-8-9-18(37)13-19(12-17)38-14-21-25(34-40-26(21)15-5-6-15)20-3-1-2-4-24(20)39-28(30)31/h1-4,7,10-11,15,17-19,28H,5-6,8-9,12-14H2,(H,32,33,35,36)/t17-,18+,19?. The van der Waals surface area contributed by atoms with E-state index in [1.165, 1.54) is 12.1 Å². The van der Waals surface area contributed by atoms with Gasteiger partial charge in [0.05, 0.1) is 18.4 Å². The Morgan fingerprint density at radius 3 is 2.55 bits per heavy atom. The van der Waals surface area contributed by atoms with Crippen LogP contribution < -0.4 is 9.64 Å². The molecule has 12 heteroatoms. The minimum absolute atomic E-state index is 0.0298. The lowest BCUT2D eigenvalue weighted by atomic mass is 9.98. The molecule has 0 spiro atoms. The Hall–Kier alpha value is -3.93. The van der Waals surface area contributed by atoms with Gasteiger partial charge in [0.25, 0.3) is 0 Å². The molecule has 7 rings (SSSR count). The van der Waals surface area contributed by atoms with E-state index in [4.69, 9.17) is 14.0 Å². The number of H-pyrrole nitrogens is 1. The number of para-hydroxylation sites is 1. The van der Waals surface area contributed by atoms with Crippen LogP contribution in [0.15, 0.2) is 47.0 Å². The van der Waals surface area contributed by atoms with Crippen molar-refractivity contribution in [3.8, 4) is 28.4 Å². The largest absolute Gasteiger partial charge is 0.434 e. The van der Waals surface area contributed by atoms with Gasteiger partial charge < -0.3 is 18.9 Å². The molecule has 1 aliphatic carbocycles. The minimum atomic E-state index is -2.95. The maximum absolute atomic E-state index is 15.2. The van der Waals surface area contributed by atoms with Crippen LogP contribution in [0.25, 0.3) is 22.6 Å². The molecule has 9 nitrogen and oxygen atoms in total. The number of aromatic nitrogens is 5. The number of benzene rings is 2. The number of anilines is 1. The molecule has 1 N–H and O–H groups in total. The molecule has 2 saturated heterocycles. The van der Waals surface area contributed by atoms with Crippen LogP contribution in [0.3, 0.4) is 0 Å². The van der Waals surface area contributed by atoms with Crippen LogP contribution in [0.1, 0.15) is 55.8 Å². The zero-order valence-corrected chi connectivity index (χ0v) is 21.5. The van der Waals surface area contributed by atoms with Crippen molar-refractivity contribution >= 4 is 5.69 Å². The Morgan fingerprint density at radius 1 is 1.05 bits per heavy atom. The predicted octanol–water partition coefficient (Wildman–Crippen LogP) is 5.86. The maximum atomic E-state index is 15.2.